The van der Waals surface area contributed by atoms with E-state index < -0.39 is 0 Å². The van der Waals surface area contributed by atoms with Crippen molar-refractivity contribution in [3.63, 3.8) is 0 Å². The molecule has 3 rings (SSSR count). The fraction of sp³-hybridized carbons (Fsp3) is 0.250. The van der Waals surface area contributed by atoms with Crippen molar-refractivity contribution in [1.29, 1.82) is 0 Å². The second-order valence-corrected chi connectivity index (χ2v) is 8.16. The number of hydrogen-bond acceptors (Lipinski definition) is 2. The average Bonchev–Trinajstić information content (AvgIpc) is 2.80. The molecule has 2 aromatic carbocycles. The van der Waals surface area contributed by atoms with E-state index in [2.05, 4.69) is 45.7 Å². The number of halogens is 2. The summed E-state index contributed by atoms with van der Waals surface area (Å²) >= 11 is 7.03. The number of hydrogen-bond donors (Lipinski definition) is 0. The summed E-state index contributed by atoms with van der Waals surface area (Å²) in [6.07, 6.45) is 1.91. The third kappa shape index (κ3) is 3.53. The van der Waals surface area contributed by atoms with Gasteiger partial charge in [0.2, 0.25) is 0 Å². The normalized spacial score (nSPS) is 15.2. The Kier molecular flexibility index (Phi) is 5.35. The van der Waals surface area contributed by atoms with Crippen LogP contribution >= 0.6 is 31.9 Å². The third-order valence-corrected chi connectivity index (χ3v) is 5.10. The molecule has 0 aliphatic carbocycles. The van der Waals surface area contributed by atoms with E-state index in [1.165, 1.54) is 0 Å². The van der Waals surface area contributed by atoms with Crippen LogP contribution in [0, 0.1) is 5.92 Å². The van der Waals surface area contributed by atoms with Gasteiger partial charge in [0.25, 0.3) is 5.91 Å². The minimum Gasteiger partial charge on any atom is -0.495 e. The van der Waals surface area contributed by atoms with Gasteiger partial charge in [-0.25, -0.2) is 0 Å². The summed E-state index contributed by atoms with van der Waals surface area (Å²) in [5, 5.41) is 0. The quantitative estimate of drug-likeness (QED) is 0.538. The molecule has 1 heterocycles. The maximum Gasteiger partial charge on any atom is 0.259 e. The molecule has 0 saturated heterocycles. The summed E-state index contributed by atoms with van der Waals surface area (Å²) in [6, 6.07) is 11.8. The van der Waals surface area contributed by atoms with Crippen LogP contribution in [0.25, 0.3) is 11.6 Å². The number of nitrogens with zero attached hydrogens (tertiary/aromatic N) is 1. The first-order chi connectivity index (χ1) is 11.9. The zero-order valence-corrected chi connectivity index (χ0v) is 17.5. The molecule has 3 nitrogen and oxygen atoms in total. The molecule has 1 aliphatic heterocycles. The number of carbonyl (C=O) groups is 1. The predicted molar refractivity (Wildman–Crippen MR) is 110 cm³/mol. The standard InChI is InChI=1S/C20H19Br2NO2/c1-12(2)11-23-18-7-5-4-6-15(18)16(20(23)24)9-13-8-14(21)10-17(22)19(13)25-3/h4-10,12H,11H2,1-3H3/b16-9-. The molecule has 0 aromatic heterocycles. The van der Waals surface area contributed by atoms with Crippen molar-refractivity contribution in [2.24, 2.45) is 5.92 Å². The summed E-state index contributed by atoms with van der Waals surface area (Å²) in [7, 11) is 1.63. The number of rotatable bonds is 4. The van der Waals surface area contributed by atoms with Crippen molar-refractivity contribution in [2.45, 2.75) is 13.8 Å². The minimum absolute atomic E-state index is 0.0352. The van der Waals surface area contributed by atoms with Gasteiger partial charge in [-0.05, 0) is 46.1 Å². The molecule has 2 aromatic rings. The van der Waals surface area contributed by atoms with Crippen LogP contribution in [0.4, 0.5) is 5.69 Å². The summed E-state index contributed by atoms with van der Waals surface area (Å²) < 4.78 is 7.28. The fourth-order valence-corrected chi connectivity index (χ4v) is 4.47. The highest BCUT2D eigenvalue weighted by Crippen LogP contribution is 2.40. The smallest absolute Gasteiger partial charge is 0.259 e. The molecule has 0 atom stereocenters. The second-order valence-electron chi connectivity index (χ2n) is 6.39. The molecule has 25 heavy (non-hydrogen) atoms. The number of benzene rings is 2. The van der Waals surface area contributed by atoms with Crippen LogP contribution in [0.3, 0.4) is 0 Å². The highest BCUT2D eigenvalue weighted by molar-refractivity contribution is 9.11. The number of fused-ring (bicyclic) bond motifs is 1. The van der Waals surface area contributed by atoms with Crippen LogP contribution in [-0.4, -0.2) is 19.6 Å². The Morgan fingerprint density at radius 1 is 1.20 bits per heavy atom. The van der Waals surface area contributed by atoms with E-state index in [1.54, 1.807) is 7.11 Å². The van der Waals surface area contributed by atoms with Crippen molar-refractivity contribution in [2.75, 3.05) is 18.6 Å². The summed E-state index contributed by atoms with van der Waals surface area (Å²) in [6.45, 7) is 4.94. The van der Waals surface area contributed by atoms with Gasteiger partial charge in [0, 0.05) is 27.7 Å². The van der Waals surface area contributed by atoms with Gasteiger partial charge in [0.1, 0.15) is 5.75 Å². The molecule has 5 heteroatoms. The zero-order valence-electron chi connectivity index (χ0n) is 14.3. The van der Waals surface area contributed by atoms with Gasteiger partial charge in [-0.1, -0.05) is 48.0 Å². The van der Waals surface area contributed by atoms with Gasteiger partial charge in [0.15, 0.2) is 0 Å². The van der Waals surface area contributed by atoms with Crippen molar-refractivity contribution in [1.82, 2.24) is 0 Å². The molecule has 1 aliphatic rings. The Labute approximate surface area is 164 Å². The lowest BCUT2D eigenvalue weighted by Gasteiger charge is -2.19. The Bertz CT molecular complexity index is 859. The Morgan fingerprint density at radius 2 is 1.92 bits per heavy atom. The van der Waals surface area contributed by atoms with Crippen LogP contribution in [-0.2, 0) is 4.79 Å². The Morgan fingerprint density at radius 3 is 2.60 bits per heavy atom. The number of ether oxygens (including phenoxy) is 1. The van der Waals surface area contributed by atoms with Gasteiger partial charge >= 0.3 is 0 Å². The highest BCUT2D eigenvalue weighted by atomic mass is 79.9. The van der Waals surface area contributed by atoms with Gasteiger partial charge in [-0.2, -0.15) is 0 Å². The Balaban J connectivity index is 2.15. The zero-order chi connectivity index (χ0) is 18.1. The summed E-state index contributed by atoms with van der Waals surface area (Å²) in [4.78, 5) is 14.9. The van der Waals surface area contributed by atoms with Crippen molar-refractivity contribution in [3.8, 4) is 5.75 Å². The monoisotopic (exact) mass is 463 g/mol. The number of amides is 1. The van der Waals surface area contributed by atoms with E-state index in [0.29, 0.717) is 23.8 Å². The van der Waals surface area contributed by atoms with Crippen LogP contribution in [0.5, 0.6) is 5.75 Å². The molecule has 0 spiro atoms. The second kappa shape index (κ2) is 7.34. The molecule has 1 amide bonds. The lowest BCUT2D eigenvalue weighted by Crippen LogP contribution is -2.30. The van der Waals surface area contributed by atoms with Gasteiger partial charge in [0.05, 0.1) is 17.3 Å². The van der Waals surface area contributed by atoms with Crippen molar-refractivity contribution >= 4 is 55.1 Å². The molecule has 0 saturated carbocycles. The number of methoxy groups -OCH3 is 1. The van der Waals surface area contributed by atoms with E-state index in [9.17, 15) is 4.79 Å². The van der Waals surface area contributed by atoms with Crippen LogP contribution < -0.4 is 9.64 Å². The van der Waals surface area contributed by atoms with Crippen molar-refractivity contribution < 1.29 is 9.53 Å². The van der Waals surface area contributed by atoms with Crippen molar-refractivity contribution in [3.05, 3.63) is 56.5 Å². The Hall–Kier alpha value is -1.59. The fourth-order valence-electron chi connectivity index (χ4n) is 3.05. The van der Waals surface area contributed by atoms with E-state index in [-0.39, 0.29) is 5.91 Å². The van der Waals surface area contributed by atoms with E-state index in [1.807, 2.05) is 47.4 Å². The third-order valence-electron chi connectivity index (χ3n) is 4.05. The lowest BCUT2D eigenvalue weighted by atomic mass is 10.0. The SMILES string of the molecule is COc1c(Br)cc(Br)cc1/C=C1\C(=O)N(CC(C)C)c2ccccc21. The maximum atomic E-state index is 13.1. The number of carbonyl (C=O) groups excluding carboxylic acids is 1. The van der Waals surface area contributed by atoms with E-state index >= 15 is 0 Å². The van der Waals surface area contributed by atoms with Gasteiger partial charge in [-0.15, -0.1) is 0 Å². The lowest BCUT2D eigenvalue weighted by molar-refractivity contribution is -0.113. The summed E-state index contributed by atoms with van der Waals surface area (Å²) in [5.41, 5.74) is 3.49. The molecule has 0 fully saturated rings. The molecule has 0 radical (unpaired) electrons. The predicted octanol–water partition coefficient (Wildman–Crippen LogP) is 5.76. The first-order valence-electron chi connectivity index (χ1n) is 8.08. The van der Waals surface area contributed by atoms with Gasteiger partial charge in [-0.3, -0.25) is 4.79 Å². The van der Waals surface area contributed by atoms with E-state index in [0.717, 1.165) is 25.8 Å². The highest BCUT2D eigenvalue weighted by Gasteiger charge is 2.32. The average molecular weight is 465 g/mol. The molecule has 0 N–H and O–H groups in total. The molecular formula is C20H19Br2NO2. The minimum atomic E-state index is 0.0352. The number of anilines is 1. The first-order valence-corrected chi connectivity index (χ1v) is 9.67. The van der Waals surface area contributed by atoms with Crippen LogP contribution in [0.2, 0.25) is 0 Å². The first kappa shape index (κ1) is 18.2. The van der Waals surface area contributed by atoms with Crippen LogP contribution in [0.15, 0.2) is 45.3 Å². The molecule has 0 unspecified atom stereocenters. The van der Waals surface area contributed by atoms with E-state index in [4.69, 9.17) is 4.74 Å². The van der Waals surface area contributed by atoms with Gasteiger partial charge < -0.3 is 9.64 Å². The van der Waals surface area contributed by atoms with Crippen LogP contribution in [0.1, 0.15) is 25.0 Å². The number of para-hydroxylation sites is 1. The maximum absolute atomic E-state index is 13.1. The molecule has 130 valence electrons. The molecular weight excluding hydrogens is 446 g/mol. The topological polar surface area (TPSA) is 29.5 Å². The summed E-state index contributed by atoms with van der Waals surface area (Å²) in [5.74, 6) is 1.14. The largest absolute Gasteiger partial charge is 0.495 e. The molecule has 0 bridgehead atoms.